The molecular formula is C14H20ClN5O. The van der Waals surface area contributed by atoms with Crippen molar-refractivity contribution in [3.05, 3.63) is 34.4 Å². The summed E-state index contributed by atoms with van der Waals surface area (Å²) in [5, 5.41) is 12.1. The number of hydrogen-bond acceptors (Lipinski definition) is 3. The number of carbonyl (C=O) groups excluding carboxylic acids is 1. The van der Waals surface area contributed by atoms with Crippen molar-refractivity contribution in [2.24, 2.45) is 0 Å². The molecule has 0 spiro atoms. The summed E-state index contributed by atoms with van der Waals surface area (Å²) in [6, 6.07) is 1.70. The molecule has 0 saturated carbocycles. The largest absolute Gasteiger partial charge is 0.351 e. The lowest BCUT2D eigenvalue weighted by Crippen LogP contribution is -2.25. The number of unbranched alkanes of at least 4 members (excludes halogenated alkanes) is 1. The summed E-state index contributed by atoms with van der Waals surface area (Å²) in [6.07, 6.45) is 3.78. The zero-order valence-electron chi connectivity index (χ0n) is 12.6. The molecule has 6 nitrogen and oxygen atoms in total. The molecule has 0 saturated heterocycles. The summed E-state index contributed by atoms with van der Waals surface area (Å²) in [7, 11) is 0. The Morgan fingerprint density at radius 2 is 2.14 bits per heavy atom. The van der Waals surface area contributed by atoms with Gasteiger partial charge in [-0.1, -0.05) is 24.9 Å². The molecule has 0 aromatic carbocycles. The van der Waals surface area contributed by atoms with E-state index in [0.29, 0.717) is 23.9 Å². The van der Waals surface area contributed by atoms with Gasteiger partial charge in [-0.2, -0.15) is 10.2 Å². The molecule has 0 unspecified atom stereocenters. The molecule has 1 amide bonds. The van der Waals surface area contributed by atoms with Crippen LogP contribution in [0.25, 0.3) is 0 Å². The predicted molar refractivity (Wildman–Crippen MR) is 81.6 cm³/mol. The quantitative estimate of drug-likeness (QED) is 0.833. The van der Waals surface area contributed by atoms with Crippen LogP contribution in [-0.4, -0.2) is 32.0 Å². The van der Waals surface area contributed by atoms with Crippen LogP contribution >= 0.6 is 11.6 Å². The zero-order chi connectivity index (χ0) is 15.4. The van der Waals surface area contributed by atoms with Crippen LogP contribution in [0.3, 0.4) is 0 Å². The maximum absolute atomic E-state index is 11.9. The van der Waals surface area contributed by atoms with Crippen molar-refractivity contribution in [1.82, 2.24) is 24.9 Å². The summed E-state index contributed by atoms with van der Waals surface area (Å²) in [4.78, 5) is 11.9. The van der Waals surface area contributed by atoms with Gasteiger partial charge in [-0.3, -0.25) is 9.48 Å². The molecule has 0 fully saturated rings. The highest BCUT2D eigenvalue weighted by Gasteiger charge is 2.12. The molecule has 0 atom stereocenters. The van der Waals surface area contributed by atoms with Gasteiger partial charge in [0.05, 0.1) is 16.4 Å². The second-order valence-corrected chi connectivity index (χ2v) is 5.35. The van der Waals surface area contributed by atoms with E-state index in [2.05, 4.69) is 22.4 Å². The van der Waals surface area contributed by atoms with Crippen molar-refractivity contribution in [3.63, 3.8) is 0 Å². The standard InChI is InChI=1S/C14H20ClN5O/c1-4-5-7-16-14(21)12-6-8-19(18-12)9-20-11(3)13(15)10(2)17-20/h6,8H,4-5,7,9H2,1-3H3,(H,16,21). The molecule has 2 rings (SSSR count). The molecule has 114 valence electrons. The van der Waals surface area contributed by atoms with Gasteiger partial charge in [0.25, 0.3) is 5.91 Å². The summed E-state index contributed by atoms with van der Waals surface area (Å²) < 4.78 is 3.44. The Kier molecular flexibility index (Phi) is 5.01. The minimum absolute atomic E-state index is 0.145. The average Bonchev–Trinajstić information content (AvgIpc) is 3.01. The Morgan fingerprint density at radius 1 is 1.38 bits per heavy atom. The van der Waals surface area contributed by atoms with Crippen LogP contribution in [0.2, 0.25) is 5.02 Å². The molecular weight excluding hydrogens is 290 g/mol. The van der Waals surface area contributed by atoms with Crippen LogP contribution in [0.15, 0.2) is 12.3 Å². The number of nitrogens with one attached hydrogen (secondary N) is 1. The Morgan fingerprint density at radius 3 is 2.76 bits per heavy atom. The van der Waals surface area contributed by atoms with Crippen LogP contribution in [0.5, 0.6) is 0 Å². The highest BCUT2D eigenvalue weighted by molar-refractivity contribution is 6.31. The van der Waals surface area contributed by atoms with Crippen LogP contribution in [0.4, 0.5) is 0 Å². The number of amides is 1. The molecule has 2 aromatic rings. The fraction of sp³-hybridized carbons (Fsp3) is 0.500. The van der Waals surface area contributed by atoms with Gasteiger partial charge >= 0.3 is 0 Å². The fourth-order valence-corrected chi connectivity index (χ4v) is 2.12. The van der Waals surface area contributed by atoms with E-state index in [4.69, 9.17) is 11.6 Å². The number of halogens is 1. The number of rotatable bonds is 6. The SMILES string of the molecule is CCCCNC(=O)c1ccn(Cn2nc(C)c(Cl)c2C)n1. The molecule has 0 aliphatic rings. The molecule has 21 heavy (non-hydrogen) atoms. The van der Waals surface area contributed by atoms with Gasteiger partial charge in [0, 0.05) is 12.7 Å². The first-order chi connectivity index (χ1) is 10.0. The van der Waals surface area contributed by atoms with Crippen molar-refractivity contribution >= 4 is 17.5 Å². The maximum atomic E-state index is 11.9. The highest BCUT2D eigenvalue weighted by atomic mass is 35.5. The minimum atomic E-state index is -0.145. The van der Waals surface area contributed by atoms with Gasteiger partial charge in [0.2, 0.25) is 0 Å². The van der Waals surface area contributed by atoms with E-state index >= 15 is 0 Å². The van der Waals surface area contributed by atoms with E-state index in [1.807, 2.05) is 13.8 Å². The van der Waals surface area contributed by atoms with Crippen LogP contribution < -0.4 is 5.32 Å². The molecule has 0 radical (unpaired) electrons. The lowest BCUT2D eigenvalue weighted by molar-refractivity contribution is 0.0947. The first-order valence-corrected chi connectivity index (χ1v) is 7.42. The van der Waals surface area contributed by atoms with E-state index in [1.165, 1.54) is 0 Å². The van der Waals surface area contributed by atoms with Crippen LogP contribution in [0, 0.1) is 13.8 Å². The third-order valence-corrected chi connectivity index (χ3v) is 3.81. The van der Waals surface area contributed by atoms with E-state index in [-0.39, 0.29) is 5.91 Å². The Hall–Kier alpha value is -1.82. The minimum Gasteiger partial charge on any atom is -0.351 e. The zero-order valence-corrected chi connectivity index (χ0v) is 13.3. The molecule has 2 heterocycles. The number of aromatic nitrogens is 4. The molecule has 2 aromatic heterocycles. The van der Waals surface area contributed by atoms with Gasteiger partial charge in [-0.15, -0.1) is 0 Å². The normalized spacial score (nSPS) is 10.9. The number of nitrogens with zero attached hydrogens (tertiary/aromatic N) is 4. The summed E-state index contributed by atoms with van der Waals surface area (Å²) in [5.41, 5.74) is 2.09. The van der Waals surface area contributed by atoms with E-state index in [1.54, 1.807) is 21.6 Å². The van der Waals surface area contributed by atoms with Crippen LogP contribution in [0.1, 0.15) is 41.6 Å². The topological polar surface area (TPSA) is 64.7 Å². The Bertz CT molecular complexity index is 631. The first-order valence-electron chi connectivity index (χ1n) is 7.04. The number of hydrogen-bond donors (Lipinski definition) is 1. The van der Waals surface area contributed by atoms with Gasteiger partial charge in [-0.25, -0.2) is 4.68 Å². The molecule has 7 heteroatoms. The Balaban J connectivity index is 2.03. The summed E-state index contributed by atoms with van der Waals surface area (Å²) in [6.45, 7) is 6.96. The van der Waals surface area contributed by atoms with Crippen molar-refractivity contribution in [1.29, 1.82) is 0 Å². The van der Waals surface area contributed by atoms with Crippen molar-refractivity contribution in [2.45, 2.75) is 40.3 Å². The van der Waals surface area contributed by atoms with Crippen molar-refractivity contribution < 1.29 is 4.79 Å². The monoisotopic (exact) mass is 309 g/mol. The third-order valence-electron chi connectivity index (χ3n) is 3.26. The van der Waals surface area contributed by atoms with Crippen molar-refractivity contribution in [3.8, 4) is 0 Å². The van der Waals surface area contributed by atoms with Gasteiger partial charge in [0.15, 0.2) is 0 Å². The summed E-state index contributed by atoms with van der Waals surface area (Å²) >= 11 is 6.11. The second-order valence-electron chi connectivity index (χ2n) is 4.98. The van der Waals surface area contributed by atoms with E-state index < -0.39 is 0 Å². The summed E-state index contributed by atoms with van der Waals surface area (Å²) in [5.74, 6) is -0.145. The van der Waals surface area contributed by atoms with Crippen LogP contribution in [-0.2, 0) is 6.67 Å². The van der Waals surface area contributed by atoms with Crippen molar-refractivity contribution in [2.75, 3.05) is 6.54 Å². The maximum Gasteiger partial charge on any atom is 0.271 e. The predicted octanol–water partition coefficient (Wildman–Crippen LogP) is 2.39. The third kappa shape index (κ3) is 3.64. The molecule has 0 aliphatic carbocycles. The first kappa shape index (κ1) is 15.6. The van der Waals surface area contributed by atoms with Gasteiger partial charge in [-0.05, 0) is 26.3 Å². The molecule has 0 bridgehead atoms. The molecule has 1 N–H and O–H groups in total. The van der Waals surface area contributed by atoms with E-state index in [9.17, 15) is 4.79 Å². The fourth-order valence-electron chi connectivity index (χ4n) is 1.98. The second kappa shape index (κ2) is 6.76. The van der Waals surface area contributed by atoms with Gasteiger partial charge in [0.1, 0.15) is 12.4 Å². The average molecular weight is 310 g/mol. The Labute approximate surface area is 129 Å². The van der Waals surface area contributed by atoms with E-state index in [0.717, 1.165) is 24.2 Å². The highest BCUT2D eigenvalue weighted by Crippen LogP contribution is 2.18. The number of carbonyl (C=O) groups is 1. The number of aryl methyl sites for hydroxylation is 1. The molecule has 0 aliphatic heterocycles. The smallest absolute Gasteiger partial charge is 0.271 e. The lowest BCUT2D eigenvalue weighted by atomic mass is 10.3. The van der Waals surface area contributed by atoms with Gasteiger partial charge < -0.3 is 5.32 Å². The lowest BCUT2D eigenvalue weighted by Gasteiger charge is -2.04.